The van der Waals surface area contributed by atoms with Crippen LogP contribution in [0.1, 0.15) is 29.8 Å². The van der Waals surface area contributed by atoms with Crippen LogP contribution in [0.2, 0.25) is 0 Å². The van der Waals surface area contributed by atoms with Gasteiger partial charge in [-0.3, -0.25) is 9.59 Å². The van der Waals surface area contributed by atoms with E-state index in [2.05, 4.69) is 5.32 Å². The van der Waals surface area contributed by atoms with Gasteiger partial charge in [-0.1, -0.05) is 18.2 Å². The molecule has 0 spiro atoms. The Hall–Kier alpha value is -2.10. The zero-order chi connectivity index (χ0) is 13.4. The molecule has 1 fully saturated rings. The largest absolute Gasteiger partial charge is 0.348 e. The minimum atomic E-state index is -0.157. The van der Waals surface area contributed by atoms with Gasteiger partial charge >= 0.3 is 0 Å². The van der Waals surface area contributed by atoms with Gasteiger partial charge in [0.05, 0.1) is 0 Å². The van der Waals surface area contributed by atoms with Gasteiger partial charge < -0.3 is 9.88 Å². The van der Waals surface area contributed by atoms with Gasteiger partial charge in [0.2, 0.25) is 0 Å². The third-order valence-corrected chi connectivity index (χ3v) is 3.82. The molecule has 0 unspecified atom stereocenters. The molecule has 1 heterocycles. The van der Waals surface area contributed by atoms with Crippen molar-refractivity contribution in [2.24, 2.45) is 7.05 Å². The van der Waals surface area contributed by atoms with E-state index in [1.165, 1.54) is 11.0 Å². The first kappa shape index (κ1) is 12.0. The summed E-state index contributed by atoms with van der Waals surface area (Å²) in [5.74, 6) is -0.157. The summed E-state index contributed by atoms with van der Waals surface area (Å²) in [6.07, 6.45) is 3.24. The Morgan fingerprint density at radius 1 is 1.32 bits per heavy atom. The highest BCUT2D eigenvalue weighted by Gasteiger charge is 2.21. The molecule has 0 bridgehead atoms. The Bertz CT molecular complexity index is 699. The zero-order valence-corrected chi connectivity index (χ0v) is 10.8. The third kappa shape index (κ3) is 2.03. The molecule has 1 aromatic carbocycles. The highest BCUT2D eigenvalue weighted by molar-refractivity contribution is 5.96. The fourth-order valence-corrected chi connectivity index (χ4v) is 2.38. The Morgan fingerprint density at radius 2 is 2.05 bits per heavy atom. The van der Waals surface area contributed by atoms with Crippen LogP contribution in [0, 0.1) is 0 Å². The van der Waals surface area contributed by atoms with E-state index >= 15 is 0 Å². The van der Waals surface area contributed by atoms with E-state index in [1.54, 1.807) is 19.2 Å². The Balaban J connectivity index is 2.05. The van der Waals surface area contributed by atoms with Crippen LogP contribution in [-0.4, -0.2) is 16.5 Å². The second-order valence-corrected chi connectivity index (χ2v) is 5.08. The van der Waals surface area contributed by atoms with Crippen LogP contribution in [0.5, 0.6) is 0 Å². The molecule has 98 valence electrons. The van der Waals surface area contributed by atoms with Crippen LogP contribution < -0.4 is 10.9 Å². The van der Waals surface area contributed by atoms with Gasteiger partial charge in [0.25, 0.3) is 11.5 Å². The first-order valence-electron chi connectivity index (χ1n) is 6.56. The second kappa shape index (κ2) is 4.53. The molecule has 3 rings (SSSR count). The smallest absolute Gasteiger partial charge is 0.268 e. The predicted octanol–water partition coefficient (Wildman–Crippen LogP) is 1.82. The standard InChI is InChI=1S/C15H16N2O2/c1-17-13(14(18)16-11-6-4-7-11)9-10-5-2-3-8-12(10)15(17)19/h2-3,5,8-9,11H,4,6-7H2,1H3,(H,16,18). The van der Waals surface area contributed by atoms with Crippen LogP contribution >= 0.6 is 0 Å². The van der Waals surface area contributed by atoms with E-state index in [0.717, 1.165) is 18.2 Å². The summed E-state index contributed by atoms with van der Waals surface area (Å²) in [7, 11) is 1.64. The van der Waals surface area contributed by atoms with Gasteiger partial charge in [-0.05, 0) is 36.8 Å². The van der Waals surface area contributed by atoms with Crippen molar-refractivity contribution in [2.75, 3.05) is 0 Å². The first-order valence-corrected chi connectivity index (χ1v) is 6.56. The van der Waals surface area contributed by atoms with E-state index < -0.39 is 0 Å². The lowest BCUT2D eigenvalue weighted by molar-refractivity contribution is 0.0907. The summed E-state index contributed by atoms with van der Waals surface area (Å²) in [5, 5.41) is 4.42. The van der Waals surface area contributed by atoms with Gasteiger partial charge in [-0.15, -0.1) is 0 Å². The fourth-order valence-electron chi connectivity index (χ4n) is 2.38. The van der Waals surface area contributed by atoms with Crippen molar-refractivity contribution >= 4 is 16.7 Å². The van der Waals surface area contributed by atoms with Crippen molar-refractivity contribution < 1.29 is 4.79 Å². The van der Waals surface area contributed by atoms with E-state index in [1.807, 2.05) is 18.2 Å². The predicted molar refractivity (Wildman–Crippen MR) is 74.3 cm³/mol. The van der Waals surface area contributed by atoms with Crippen LogP contribution in [0.3, 0.4) is 0 Å². The Kier molecular flexibility index (Phi) is 2.85. The monoisotopic (exact) mass is 256 g/mol. The minimum absolute atomic E-state index is 0.128. The molecule has 2 aromatic rings. The number of nitrogens with zero attached hydrogens (tertiary/aromatic N) is 1. The summed E-state index contributed by atoms with van der Waals surface area (Å²) in [5.41, 5.74) is 0.299. The average molecular weight is 256 g/mol. The number of nitrogens with one attached hydrogen (secondary N) is 1. The molecule has 1 aliphatic rings. The maximum absolute atomic E-state index is 12.2. The molecule has 0 radical (unpaired) electrons. The minimum Gasteiger partial charge on any atom is -0.348 e. The third-order valence-electron chi connectivity index (χ3n) is 3.82. The normalized spacial score (nSPS) is 15.2. The number of rotatable bonds is 2. The molecule has 1 N–H and O–H groups in total. The molecule has 1 aromatic heterocycles. The van der Waals surface area contributed by atoms with Crippen molar-refractivity contribution in [3.8, 4) is 0 Å². The maximum atomic E-state index is 12.2. The number of fused-ring (bicyclic) bond motifs is 1. The SMILES string of the molecule is Cn1c(C(=O)NC2CCC2)cc2ccccc2c1=O. The number of amides is 1. The molecule has 1 amide bonds. The van der Waals surface area contributed by atoms with Crippen LogP contribution in [0.4, 0.5) is 0 Å². The summed E-state index contributed by atoms with van der Waals surface area (Å²) >= 11 is 0. The average Bonchev–Trinajstić information content (AvgIpc) is 2.38. The molecule has 0 saturated heterocycles. The number of carbonyl (C=O) groups is 1. The molecule has 0 atom stereocenters. The summed E-state index contributed by atoms with van der Waals surface area (Å²) in [6, 6.07) is 9.40. The molecule has 1 aliphatic carbocycles. The van der Waals surface area contributed by atoms with Crippen molar-refractivity contribution in [1.82, 2.24) is 9.88 Å². The van der Waals surface area contributed by atoms with Gasteiger partial charge in [0.15, 0.2) is 0 Å². The summed E-state index contributed by atoms with van der Waals surface area (Å²) in [4.78, 5) is 24.4. The lowest BCUT2D eigenvalue weighted by Gasteiger charge is -2.26. The van der Waals surface area contributed by atoms with Gasteiger partial charge in [0, 0.05) is 18.5 Å². The molecular formula is C15H16N2O2. The molecule has 1 saturated carbocycles. The Morgan fingerprint density at radius 3 is 2.74 bits per heavy atom. The fraction of sp³-hybridized carbons (Fsp3) is 0.333. The number of hydrogen-bond acceptors (Lipinski definition) is 2. The van der Waals surface area contributed by atoms with Crippen molar-refractivity contribution in [3.05, 3.63) is 46.4 Å². The number of hydrogen-bond donors (Lipinski definition) is 1. The van der Waals surface area contributed by atoms with Gasteiger partial charge in [-0.2, -0.15) is 0 Å². The zero-order valence-electron chi connectivity index (χ0n) is 10.8. The number of pyridine rings is 1. The summed E-state index contributed by atoms with van der Waals surface area (Å²) < 4.78 is 1.43. The van der Waals surface area contributed by atoms with Crippen molar-refractivity contribution in [2.45, 2.75) is 25.3 Å². The number of carbonyl (C=O) groups excluding carboxylic acids is 1. The molecule has 19 heavy (non-hydrogen) atoms. The highest BCUT2D eigenvalue weighted by atomic mass is 16.2. The van der Waals surface area contributed by atoms with E-state index in [-0.39, 0.29) is 17.5 Å². The maximum Gasteiger partial charge on any atom is 0.268 e. The van der Waals surface area contributed by atoms with Crippen LogP contribution in [0.15, 0.2) is 35.1 Å². The van der Waals surface area contributed by atoms with Gasteiger partial charge in [0.1, 0.15) is 5.69 Å². The number of aromatic nitrogens is 1. The molecule has 4 heteroatoms. The lowest BCUT2D eigenvalue weighted by atomic mass is 9.93. The highest BCUT2D eigenvalue weighted by Crippen LogP contribution is 2.19. The van der Waals surface area contributed by atoms with Crippen LogP contribution in [-0.2, 0) is 7.05 Å². The molecule has 4 nitrogen and oxygen atoms in total. The second-order valence-electron chi connectivity index (χ2n) is 5.08. The summed E-state index contributed by atoms with van der Waals surface area (Å²) in [6.45, 7) is 0. The number of benzene rings is 1. The topological polar surface area (TPSA) is 51.1 Å². The van der Waals surface area contributed by atoms with Gasteiger partial charge in [-0.25, -0.2) is 0 Å². The van der Waals surface area contributed by atoms with E-state index in [0.29, 0.717) is 11.1 Å². The van der Waals surface area contributed by atoms with Crippen molar-refractivity contribution in [1.29, 1.82) is 0 Å². The van der Waals surface area contributed by atoms with E-state index in [4.69, 9.17) is 0 Å². The van der Waals surface area contributed by atoms with E-state index in [9.17, 15) is 9.59 Å². The molecule has 0 aliphatic heterocycles. The van der Waals surface area contributed by atoms with Crippen molar-refractivity contribution in [3.63, 3.8) is 0 Å². The first-order chi connectivity index (χ1) is 9.16. The van der Waals surface area contributed by atoms with Crippen LogP contribution in [0.25, 0.3) is 10.8 Å². The Labute approximate surface area is 111 Å². The molecular weight excluding hydrogens is 240 g/mol. The quantitative estimate of drug-likeness (QED) is 0.891. The lowest BCUT2D eigenvalue weighted by Crippen LogP contribution is -2.41.